The summed E-state index contributed by atoms with van der Waals surface area (Å²) in [6.07, 6.45) is 3.14. The van der Waals surface area contributed by atoms with Crippen LogP contribution in [-0.4, -0.2) is 23.5 Å². The van der Waals surface area contributed by atoms with Crippen molar-refractivity contribution in [3.63, 3.8) is 0 Å². The summed E-state index contributed by atoms with van der Waals surface area (Å²) in [5.41, 5.74) is 2.28. The van der Waals surface area contributed by atoms with Crippen LogP contribution in [0.25, 0.3) is 17.0 Å². The molecule has 0 atom stereocenters. The molecule has 1 aromatic heterocycles. The van der Waals surface area contributed by atoms with Gasteiger partial charge in [-0.2, -0.15) is 0 Å². The third-order valence-electron chi connectivity index (χ3n) is 3.72. The van der Waals surface area contributed by atoms with Crippen molar-refractivity contribution < 1.29 is 14.3 Å². The lowest BCUT2D eigenvalue weighted by molar-refractivity contribution is -0.111. The Morgan fingerprint density at radius 2 is 1.96 bits per heavy atom. The highest BCUT2D eigenvalue weighted by molar-refractivity contribution is 9.10. The van der Waals surface area contributed by atoms with E-state index in [1.165, 1.54) is 6.08 Å². The van der Waals surface area contributed by atoms with Crippen LogP contribution in [0.2, 0.25) is 0 Å². The van der Waals surface area contributed by atoms with Crippen LogP contribution in [0.1, 0.15) is 23.0 Å². The highest BCUT2D eigenvalue weighted by Crippen LogP contribution is 2.31. The van der Waals surface area contributed by atoms with E-state index >= 15 is 0 Å². The fourth-order valence-corrected chi connectivity index (χ4v) is 2.91. The Balaban J connectivity index is 1.93. The van der Waals surface area contributed by atoms with E-state index in [9.17, 15) is 9.59 Å². The molecule has 3 aromatic rings. The standard InChI is InChI=1S/C20H17BrN2O3/c1-2-26-20(25)19-18(15-12-14(21)9-10-16(15)22-19)23-17(24)11-8-13-6-4-3-5-7-13/h3-12,22H,2H2,1H3,(H,23,24). The van der Waals surface area contributed by atoms with E-state index in [1.807, 2.05) is 48.5 Å². The summed E-state index contributed by atoms with van der Waals surface area (Å²) in [6.45, 7) is 1.98. The number of aromatic amines is 1. The summed E-state index contributed by atoms with van der Waals surface area (Å²) in [4.78, 5) is 27.6. The molecule has 0 saturated carbocycles. The van der Waals surface area contributed by atoms with E-state index < -0.39 is 5.97 Å². The van der Waals surface area contributed by atoms with E-state index in [-0.39, 0.29) is 18.2 Å². The molecule has 0 aliphatic carbocycles. The zero-order chi connectivity index (χ0) is 18.5. The predicted molar refractivity (Wildman–Crippen MR) is 106 cm³/mol. The van der Waals surface area contributed by atoms with Crippen molar-refractivity contribution in [3.05, 3.63) is 70.3 Å². The molecule has 1 amide bonds. The van der Waals surface area contributed by atoms with Gasteiger partial charge in [-0.3, -0.25) is 4.79 Å². The Kier molecular flexibility index (Phi) is 5.53. The average Bonchev–Trinajstić information content (AvgIpc) is 2.99. The van der Waals surface area contributed by atoms with E-state index in [0.717, 1.165) is 20.9 Å². The van der Waals surface area contributed by atoms with Gasteiger partial charge in [-0.05, 0) is 36.8 Å². The Labute approximate surface area is 159 Å². The van der Waals surface area contributed by atoms with Crippen molar-refractivity contribution in [2.24, 2.45) is 0 Å². The van der Waals surface area contributed by atoms with Gasteiger partial charge in [0, 0.05) is 21.5 Å². The van der Waals surface area contributed by atoms with Crippen LogP contribution in [0, 0.1) is 0 Å². The maximum atomic E-state index is 12.4. The fourth-order valence-electron chi connectivity index (χ4n) is 2.55. The molecule has 0 spiro atoms. The van der Waals surface area contributed by atoms with Crippen LogP contribution in [0.4, 0.5) is 5.69 Å². The summed E-state index contributed by atoms with van der Waals surface area (Å²) in [5.74, 6) is -0.845. The lowest BCUT2D eigenvalue weighted by Crippen LogP contribution is -2.13. The van der Waals surface area contributed by atoms with Crippen LogP contribution in [0.15, 0.2) is 59.1 Å². The summed E-state index contributed by atoms with van der Waals surface area (Å²) >= 11 is 3.41. The van der Waals surface area contributed by atoms with Gasteiger partial charge in [-0.1, -0.05) is 46.3 Å². The number of amides is 1. The molecular formula is C20H17BrN2O3. The maximum absolute atomic E-state index is 12.4. The van der Waals surface area contributed by atoms with Gasteiger partial charge in [0.15, 0.2) is 0 Å². The Morgan fingerprint density at radius 3 is 2.69 bits per heavy atom. The van der Waals surface area contributed by atoms with Crippen molar-refractivity contribution in [1.29, 1.82) is 0 Å². The number of hydrogen-bond donors (Lipinski definition) is 2. The molecule has 0 fully saturated rings. The first-order chi connectivity index (χ1) is 12.6. The van der Waals surface area contributed by atoms with Gasteiger partial charge >= 0.3 is 5.97 Å². The minimum atomic E-state index is -0.512. The van der Waals surface area contributed by atoms with E-state index in [4.69, 9.17) is 4.74 Å². The summed E-state index contributed by atoms with van der Waals surface area (Å²) < 4.78 is 5.93. The fraction of sp³-hybridized carbons (Fsp3) is 0.100. The number of H-pyrrole nitrogens is 1. The summed E-state index contributed by atoms with van der Waals surface area (Å²) in [5, 5.41) is 3.52. The maximum Gasteiger partial charge on any atom is 0.356 e. The highest BCUT2D eigenvalue weighted by atomic mass is 79.9. The van der Waals surface area contributed by atoms with Crippen molar-refractivity contribution in [2.75, 3.05) is 11.9 Å². The summed E-state index contributed by atoms with van der Waals surface area (Å²) in [7, 11) is 0. The molecule has 132 valence electrons. The Morgan fingerprint density at radius 1 is 1.19 bits per heavy atom. The van der Waals surface area contributed by atoms with E-state index in [2.05, 4.69) is 26.2 Å². The number of anilines is 1. The topological polar surface area (TPSA) is 71.2 Å². The van der Waals surface area contributed by atoms with Gasteiger partial charge in [0.1, 0.15) is 5.69 Å². The predicted octanol–water partition coefficient (Wildman–Crippen LogP) is 4.76. The number of ether oxygens (including phenoxy) is 1. The summed E-state index contributed by atoms with van der Waals surface area (Å²) in [6, 6.07) is 15.0. The molecule has 0 unspecified atom stereocenters. The van der Waals surface area contributed by atoms with Gasteiger partial charge in [0.05, 0.1) is 12.3 Å². The van der Waals surface area contributed by atoms with E-state index in [0.29, 0.717) is 5.69 Å². The number of esters is 1. The molecule has 6 heteroatoms. The van der Waals surface area contributed by atoms with Crippen LogP contribution >= 0.6 is 15.9 Å². The number of rotatable bonds is 5. The van der Waals surface area contributed by atoms with Crippen molar-refractivity contribution >= 4 is 50.5 Å². The molecule has 5 nitrogen and oxygen atoms in total. The first-order valence-electron chi connectivity index (χ1n) is 8.11. The number of aromatic nitrogens is 1. The monoisotopic (exact) mass is 412 g/mol. The Hall–Kier alpha value is -2.86. The van der Waals surface area contributed by atoms with Crippen molar-refractivity contribution in [2.45, 2.75) is 6.92 Å². The van der Waals surface area contributed by atoms with Gasteiger partial charge in [-0.15, -0.1) is 0 Å². The highest BCUT2D eigenvalue weighted by Gasteiger charge is 2.20. The number of carbonyl (C=O) groups excluding carboxylic acids is 2. The lowest BCUT2D eigenvalue weighted by atomic mass is 10.2. The molecule has 2 N–H and O–H groups in total. The minimum Gasteiger partial charge on any atom is -0.461 e. The molecular weight excluding hydrogens is 396 g/mol. The molecule has 0 aliphatic rings. The smallest absolute Gasteiger partial charge is 0.356 e. The zero-order valence-corrected chi connectivity index (χ0v) is 15.7. The van der Waals surface area contributed by atoms with Crippen LogP contribution in [0.5, 0.6) is 0 Å². The third kappa shape index (κ3) is 4.03. The second kappa shape index (κ2) is 8.01. The zero-order valence-electron chi connectivity index (χ0n) is 14.1. The second-order valence-electron chi connectivity index (χ2n) is 5.52. The average molecular weight is 413 g/mol. The number of nitrogens with one attached hydrogen (secondary N) is 2. The molecule has 0 saturated heterocycles. The normalized spacial score (nSPS) is 11.0. The first kappa shape index (κ1) is 17.9. The van der Waals surface area contributed by atoms with Gasteiger partial charge in [-0.25, -0.2) is 4.79 Å². The van der Waals surface area contributed by atoms with Gasteiger partial charge in [0.2, 0.25) is 5.91 Å². The van der Waals surface area contributed by atoms with Gasteiger partial charge < -0.3 is 15.0 Å². The molecule has 1 heterocycles. The van der Waals surface area contributed by atoms with Crippen molar-refractivity contribution in [1.82, 2.24) is 4.98 Å². The van der Waals surface area contributed by atoms with Gasteiger partial charge in [0.25, 0.3) is 0 Å². The van der Waals surface area contributed by atoms with Crippen LogP contribution in [-0.2, 0) is 9.53 Å². The molecule has 2 aromatic carbocycles. The second-order valence-corrected chi connectivity index (χ2v) is 6.43. The van der Waals surface area contributed by atoms with Crippen LogP contribution < -0.4 is 5.32 Å². The number of halogens is 1. The molecule has 3 rings (SSSR count). The number of fused-ring (bicyclic) bond motifs is 1. The number of carbonyl (C=O) groups is 2. The first-order valence-corrected chi connectivity index (χ1v) is 8.90. The quantitative estimate of drug-likeness (QED) is 0.468. The number of benzene rings is 2. The molecule has 26 heavy (non-hydrogen) atoms. The molecule has 0 radical (unpaired) electrons. The molecule has 0 aliphatic heterocycles. The lowest BCUT2D eigenvalue weighted by Gasteiger charge is -2.05. The number of hydrogen-bond acceptors (Lipinski definition) is 3. The minimum absolute atomic E-state index is 0.224. The third-order valence-corrected chi connectivity index (χ3v) is 4.21. The van der Waals surface area contributed by atoms with Crippen LogP contribution in [0.3, 0.4) is 0 Å². The SMILES string of the molecule is CCOC(=O)c1[nH]c2ccc(Br)cc2c1NC(=O)C=Cc1ccccc1. The Bertz CT molecular complexity index is 977. The van der Waals surface area contributed by atoms with Crippen molar-refractivity contribution in [3.8, 4) is 0 Å². The van der Waals surface area contributed by atoms with E-state index in [1.54, 1.807) is 13.0 Å². The largest absolute Gasteiger partial charge is 0.461 e. The molecule has 0 bridgehead atoms.